The third-order valence-electron chi connectivity index (χ3n) is 3.88. The highest BCUT2D eigenvalue weighted by Gasteiger charge is 2.29. The first-order chi connectivity index (χ1) is 13.1. The van der Waals surface area contributed by atoms with Crippen molar-refractivity contribution in [3.05, 3.63) is 38.4 Å². The Bertz CT molecular complexity index is 973. The van der Waals surface area contributed by atoms with Crippen LogP contribution in [0.2, 0.25) is 0 Å². The number of primary amides is 1. The number of hydrogen-bond acceptors (Lipinski definition) is 8. The number of hydrogen-bond donors (Lipinski definition) is 2. The summed E-state index contributed by atoms with van der Waals surface area (Å²) in [4.78, 5) is 46.7. The molecule has 0 spiro atoms. The van der Waals surface area contributed by atoms with Crippen LogP contribution < -0.4 is 11.1 Å². The van der Waals surface area contributed by atoms with Crippen LogP contribution in [0.1, 0.15) is 44.8 Å². The van der Waals surface area contributed by atoms with Crippen LogP contribution in [0, 0.1) is 30.9 Å². The van der Waals surface area contributed by atoms with E-state index in [2.05, 4.69) is 10.4 Å². The van der Waals surface area contributed by atoms with Gasteiger partial charge in [0, 0.05) is 0 Å². The second-order valence-corrected chi connectivity index (χ2v) is 5.80. The molecule has 0 atom stereocenters. The topological polar surface area (TPSA) is 173 Å². The predicted octanol–water partition coefficient (Wildman–Crippen LogP) is 1.22. The number of aryl methyl sites for hydroxylation is 2. The Morgan fingerprint density at radius 3 is 2.43 bits per heavy atom. The molecule has 0 saturated heterocycles. The van der Waals surface area contributed by atoms with Crippen LogP contribution in [-0.2, 0) is 16.1 Å². The zero-order valence-corrected chi connectivity index (χ0v) is 15.7. The number of carbonyl (C=O) groups is 3. The lowest BCUT2D eigenvalue weighted by Gasteiger charge is -2.06. The van der Waals surface area contributed by atoms with E-state index >= 15 is 0 Å². The van der Waals surface area contributed by atoms with Crippen molar-refractivity contribution in [2.75, 3.05) is 11.9 Å². The van der Waals surface area contributed by atoms with Crippen LogP contribution >= 0.6 is 0 Å². The van der Waals surface area contributed by atoms with Gasteiger partial charge in [-0.3, -0.25) is 29.7 Å². The highest BCUT2D eigenvalue weighted by molar-refractivity contribution is 6.10. The van der Waals surface area contributed by atoms with Gasteiger partial charge < -0.3 is 14.9 Å². The number of anilines is 1. The zero-order chi connectivity index (χ0) is 21.2. The van der Waals surface area contributed by atoms with E-state index in [0.717, 1.165) is 4.68 Å². The Hall–Kier alpha value is -3.70. The molecule has 2 amide bonds. The van der Waals surface area contributed by atoms with Gasteiger partial charge in [-0.25, -0.2) is 4.79 Å². The van der Waals surface area contributed by atoms with Gasteiger partial charge in [-0.05, 0) is 27.7 Å². The van der Waals surface area contributed by atoms with Gasteiger partial charge in [0.15, 0.2) is 0 Å². The van der Waals surface area contributed by atoms with Crippen molar-refractivity contribution < 1.29 is 28.5 Å². The highest BCUT2D eigenvalue weighted by Crippen LogP contribution is 2.28. The van der Waals surface area contributed by atoms with Crippen molar-refractivity contribution >= 4 is 29.4 Å². The molecule has 0 saturated carbocycles. The van der Waals surface area contributed by atoms with Crippen molar-refractivity contribution in [2.24, 2.45) is 5.73 Å². The lowest BCUT2D eigenvalue weighted by atomic mass is 10.1. The number of nitrogens with two attached hydrogens (primary N) is 1. The predicted molar refractivity (Wildman–Crippen MR) is 94.9 cm³/mol. The van der Waals surface area contributed by atoms with E-state index in [1.165, 1.54) is 20.8 Å². The summed E-state index contributed by atoms with van der Waals surface area (Å²) in [6.07, 6.45) is 0. The molecule has 0 unspecified atom stereocenters. The molecule has 0 aliphatic heterocycles. The molecule has 0 radical (unpaired) electrons. The average molecular weight is 393 g/mol. The van der Waals surface area contributed by atoms with E-state index in [1.807, 2.05) is 0 Å². The van der Waals surface area contributed by atoms with Crippen molar-refractivity contribution in [1.82, 2.24) is 9.78 Å². The number of nitro groups is 1. The number of nitrogens with zero attached hydrogens (tertiary/aromatic N) is 3. The molecular formula is C16H19N5O7. The molecule has 2 aromatic heterocycles. The van der Waals surface area contributed by atoms with E-state index in [-0.39, 0.29) is 53.0 Å². The first kappa shape index (κ1) is 20.6. The van der Waals surface area contributed by atoms with E-state index in [1.54, 1.807) is 6.92 Å². The number of amides is 2. The number of furan rings is 1. The normalized spacial score (nSPS) is 10.6. The molecule has 0 fully saturated rings. The van der Waals surface area contributed by atoms with Crippen LogP contribution in [0.25, 0.3) is 0 Å². The van der Waals surface area contributed by atoms with Gasteiger partial charge in [0.2, 0.25) is 11.8 Å². The van der Waals surface area contributed by atoms with Crippen LogP contribution in [0.4, 0.5) is 11.6 Å². The van der Waals surface area contributed by atoms with Crippen LogP contribution in [0.3, 0.4) is 0 Å². The molecular weight excluding hydrogens is 374 g/mol. The minimum absolute atomic E-state index is 0.0457. The second kappa shape index (κ2) is 7.90. The number of aromatic nitrogens is 2. The molecule has 0 aliphatic carbocycles. The molecule has 0 aromatic carbocycles. The van der Waals surface area contributed by atoms with Crippen molar-refractivity contribution in [1.29, 1.82) is 0 Å². The summed E-state index contributed by atoms with van der Waals surface area (Å²) in [5.41, 5.74) is 4.99. The second-order valence-electron chi connectivity index (χ2n) is 5.80. The van der Waals surface area contributed by atoms with E-state index in [0.29, 0.717) is 0 Å². The molecule has 2 heterocycles. The van der Waals surface area contributed by atoms with Gasteiger partial charge in [0.25, 0.3) is 5.91 Å². The summed E-state index contributed by atoms with van der Waals surface area (Å²) in [5.74, 6) is -2.75. The number of rotatable bonds is 7. The van der Waals surface area contributed by atoms with Crippen LogP contribution in [-0.4, -0.2) is 39.1 Å². The molecule has 12 nitrogen and oxygen atoms in total. The Morgan fingerprint density at radius 2 is 1.93 bits per heavy atom. The minimum Gasteiger partial charge on any atom is -0.462 e. The Morgan fingerprint density at radius 1 is 1.29 bits per heavy atom. The number of ether oxygens (including phenoxy) is 1. The zero-order valence-electron chi connectivity index (χ0n) is 15.7. The fourth-order valence-electron chi connectivity index (χ4n) is 2.72. The molecule has 0 bridgehead atoms. The van der Waals surface area contributed by atoms with Gasteiger partial charge in [-0.2, -0.15) is 5.10 Å². The first-order valence-corrected chi connectivity index (χ1v) is 8.16. The summed E-state index contributed by atoms with van der Waals surface area (Å²) < 4.78 is 11.3. The van der Waals surface area contributed by atoms with Gasteiger partial charge in [-0.15, -0.1) is 0 Å². The maximum atomic E-state index is 12.3. The summed E-state index contributed by atoms with van der Waals surface area (Å²) in [6.45, 7) is 5.60. The van der Waals surface area contributed by atoms with Gasteiger partial charge in [-0.1, -0.05) is 0 Å². The fourth-order valence-corrected chi connectivity index (χ4v) is 2.72. The fraction of sp³-hybridized carbons (Fsp3) is 0.375. The Kier molecular flexibility index (Phi) is 5.81. The smallest absolute Gasteiger partial charge is 0.342 e. The standard InChI is InChI=1S/C16H19N5O7/c1-5-27-16(24)11-9(4)28-15(12(11)14(17)23)18-10(22)6-20-8(3)13(21(25)26)7(2)19-20/h5-6H2,1-4H3,(H2,17,23)(H,18,22). The molecule has 2 aromatic rings. The third kappa shape index (κ3) is 3.84. The lowest BCUT2D eigenvalue weighted by molar-refractivity contribution is -0.386. The van der Waals surface area contributed by atoms with Gasteiger partial charge in [0.05, 0.1) is 11.5 Å². The molecule has 150 valence electrons. The lowest BCUT2D eigenvalue weighted by Crippen LogP contribution is -2.23. The minimum atomic E-state index is -0.989. The molecule has 2 rings (SSSR count). The Balaban J connectivity index is 2.31. The van der Waals surface area contributed by atoms with Crippen molar-refractivity contribution in [3.63, 3.8) is 0 Å². The number of nitrogens with one attached hydrogen (secondary N) is 1. The van der Waals surface area contributed by atoms with Crippen molar-refractivity contribution in [3.8, 4) is 0 Å². The van der Waals surface area contributed by atoms with E-state index in [4.69, 9.17) is 14.9 Å². The number of carbonyl (C=O) groups excluding carboxylic acids is 3. The van der Waals surface area contributed by atoms with Crippen LogP contribution in [0.5, 0.6) is 0 Å². The van der Waals surface area contributed by atoms with E-state index < -0.39 is 22.7 Å². The largest absolute Gasteiger partial charge is 0.462 e. The SMILES string of the molecule is CCOC(=O)c1c(C)oc(NC(=O)Cn2nc(C)c([N+](=O)[O-])c2C)c1C(N)=O. The molecule has 3 N–H and O–H groups in total. The monoisotopic (exact) mass is 393 g/mol. The quantitative estimate of drug-likeness (QED) is 0.401. The summed E-state index contributed by atoms with van der Waals surface area (Å²) in [5, 5.41) is 17.4. The molecule has 0 aliphatic rings. The van der Waals surface area contributed by atoms with E-state index in [9.17, 15) is 24.5 Å². The average Bonchev–Trinajstić information content (AvgIpc) is 3.03. The Labute approximate surface area is 158 Å². The molecule has 12 heteroatoms. The molecule has 28 heavy (non-hydrogen) atoms. The van der Waals surface area contributed by atoms with Gasteiger partial charge in [0.1, 0.15) is 34.8 Å². The highest BCUT2D eigenvalue weighted by atomic mass is 16.6. The maximum absolute atomic E-state index is 12.3. The number of esters is 1. The summed E-state index contributed by atoms with van der Waals surface area (Å²) >= 11 is 0. The summed E-state index contributed by atoms with van der Waals surface area (Å²) in [7, 11) is 0. The summed E-state index contributed by atoms with van der Waals surface area (Å²) in [6, 6.07) is 0. The third-order valence-corrected chi connectivity index (χ3v) is 3.88. The maximum Gasteiger partial charge on any atom is 0.342 e. The van der Waals surface area contributed by atoms with Crippen molar-refractivity contribution in [2.45, 2.75) is 34.2 Å². The van der Waals surface area contributed by atoms with Gasteiger partial charge >= 0.3 is 11.7 Å². The van der Waals surface area contributed by atoms with Crippen LogP contribution in [0.15, 0.2) is 4.42 Å². The first-order valence-electron chi connectivity index (χ1n) is 8.16.